The van der Waals surface area contributed by atoms with Crippen molar-refractivity contribution >= 4 is 0 Å². The van der Waals surface area contributed by atoms with Crippen LogP contribution in [0.25, 0.3) is 5.32 Å². The minimum Gasteiger partial charge on any atom is -0.665 e. The molecule has 0 amide bonds. The quantitative estimate of drug-likeness (QED) is 0.623. The van der Waals surface area contributed by atoms with Gasteiger partial charge in [0.2, 0.25) is 0 Å². The Morgan fingerprint density at radius 2 is 1.89 bits per heavy atom. The zero-order valence-electron chi connectivity index (χ0n) is 6.72. The van der Waals surface area contributed by atoms with Crippen molar-refractivity contribution < 1.29 is 32.7 Å². The molecule has 0 unspecified atom stereocenters. The molecule has 9 heavy (non-hydrogen) atoms. The molecule has 0 aromatic carbocycles. The van der Waals surface area contributed by atoms with E-state index in [4.69, 9.17) is 0 Å². The average molecular weight is 203 g/mol. The van der Waals surface area contributed by atoms with Crippen LogP contribution >= 0.6 is 0 Å². The van der Waals surface area contributed by atoms with E-state index in [0.29, 0.717) is 0 Å². The molecule has 0 aliphatic carbocycles. The van der Waals surface area contributed by atoms with Crippen molar-refractivity contribution in [2.45, 2.75) is 26.7 Å². The van der Waals surface area contributed by atoms with Crippen LogP contribution in [-0.4, -0.2) is 13.6 Å². The predicted molar refractivity (Wildman–Crippen MR) is 38.2 cm³/mol. The molecule has 0 spiro atoms. The van der Waals surface area contributed by atoms with Gasteiger partial charge in [0.15, 0.2) is 0 Å². The van der Waals surface area contributed by atoms with Gasteiger partial charge < -0.3 is 5.32 Å². The van der Waals surface area contributed by atoms with Crippen molar-refractivity contribution in [2.75, 3.05) is 13.6 Å². The maximum atomic E-state index is 4.01. The number of hydrogen-bond donors (Lipinski definition) is 0. The molecule has 0 saturated carbocycles. The van der Waals surface area contributed by atoms with Crippen LogP contribution in [0.15, 0.2) is 0 Å². The van der Waals surface area contributed by atoms with Gasteiger partial charge in [0.1, 0.15) is 0 Å². The second-order valence-corrected chi connectivity index (χ2v) is 2.58. The van der Waals surface area contributed by atoms with Crippen LogP contribution in [0, 0.1) is 5.92 Å². The van der Waals surface area contributed by atoms with E-state index >= 15 is 0 Å². The normalized spacial score (nSPS) is 9.33. The van der Waals surface area contributed by atoms with Gasteiger partial charge in [-0.1, -0.05) is 26.7 Å². The molecule has 0 aromatic heterocycles. The van der Waals surface area contributed by atoms with Crippen LogP contribution in [0.5, 0.6) is 0 Å². The Hall–Kier alpha value is 1.06. The Kier molecular flexibility index (Phi) is 12.8. The summed E-state index contributed by atoms with van der Waals surface area (Å²) in [6, 6.07) is 0. The Labute approximate surface area is 83.9 Å². The van der Waals surface area contributed by atoms with Crippen LogP contribution in [0.1, 0.15) is 26.7 Å². The predicted octanol–water partition coefficient (Wildman–Crippen LogP) is 2.42. The Bertz CT molecular complexity index is 46.2. The van der Waals surface area contributed by atoms with E-state index in [-0.39, 0.29) is 32.7 Å². The molecule has 53 valence electrons. The fourth-order valence-electron chi connectivity index (χ4n) is 0.658. The summed E-state index contributed by atoms with van der Waals surface area (Å²) in [6.45, 7) is 5.53. The molecule has 1 nitrogen and oxygen atoms in total. The summed E-state index contributed by atoms with van der Waals surface area (Å²) in [5.74, 6) is 0.844. The Morgan fingerprint density at radius 3 is 2.22 bits per heavy atom. The third kappa shape index (κ3) is 12.3. The SMILES string of the molecule is C[N-]CCCC(C)C.[Y]. The monoisotopic (exact) mass is 203 g/mol. The van der Waals surface area contributed by atoms with Crippen LogP contribution in [0.4, 0.5) is 0 Å². The number of hydrogen-bond acceptors (Lipinski definition) is 0. The largest absolute Gasteiger partial charge is 0.665 e. The first-order valence-corrected chi connectivity index (χ1v) is 3.33. The number of nitrogens with zero attached hydrogens (tertiary/aromatic N) is 1. The van der Waals surface area contributed by atoms with Crippen molar-refractivity contribution in [1.29, 1.82) is 0 Å². The van der Waals surface area contributed by atoms with Crippen molar-refractivity contribution in [1.82, 2.24) is 0 Å². The van der Waals surface area contributed by atoms with Gasteiger partial charge in [0.05, 0.1) is 0 Å². The molecule has 0 aliphatic heterocycles. The van der Waals surface area contributed by atoms with E-state index < -0.39 is 0 Å². The molecule has 0 aromatic rings. The molecular formula is C7H16NY-. The molecule has 0 atom stereocenters. The summed E-state index contributed by atoms with van der Waals surface area (Å²) in [5.41, 5.74) is 0. The van der Waals surface area contributed by atoms with Gasteiger partial charge in [-0.3, -0.25) is 0 Å². The van der Waals surface area contributed by atoms with Gasteiger partial charge in [-0.15, -0.1) is 6.54 Å². The van der Waals surface area contributed by atoms with E-state index in [1.54, 1.807) is 0 Å². The summed E-state index contributed by atoms with van der Waals surface area (Å²) in [4.78, 5) is 0. The van der Waals surface area contributed by atoms with Crippen molar-refractivity contribution in [3.8, 4) is 0 Å². The molecule has 0 saturated heterocycles. The van der Waals surface area contributed by atoms with E-state index in [2.05, 4.69) is 19.2 Å². The van der Waals surface area contributed by atoms with Crippen molar-refractivity contribution in [3.05, 3.63) is 5.32 Å². The molecule has 0 N–H and O–H groups in total. The summed E-state index contributed by atoms with van der Waals surface area (Å²) >= 11 is 0. The minimum absolute atomic E-state index is 0. The van der Waals surface area contributed by atoms with E-state index in [1.807, 2.05) is 7.05 Å². The van der Waals surface area contributed by atoms with Crippen LogP contribution in [0.3, 0.4) is 0 Å². The topological polar surface area (TPSA) is 14.1 Å². The molecule has 1 radical (unpaired) electrons. The fourth-order valence-corrected chi connectivity index (χ4v) is 0.658. The Balaban J connectivity index is 0. The third-order valence-electron chi connectivity index (χ3n) is 1.16. The van der Waals surface area contributed by atoms with Crippen molar-refractivity contribution in [2.24, 2.45) is 5.92 Å². The van der Waals surface area contributed by atoms with Gasteiger partial charge in [-0.2, -0.15) is 7.05 Å². The second kappa shape index (κ2) is 9.06. The smallest absolute Gasteiger partial charge is 0 e. The summed E-state index contributed by atoms with van der Waals surface area (Å²) < 4.78 is 0. The molecule has 0 aliphatic rings. The first-order valence-electron chi connectivity index (χ1n) is 3.33. The second-order valence-electron chi connectivity index (χ2n) is 2.58. The maximum absolute atomic E-state index is 4.01. The molecule has 0 fully saturated rings. The third-order valence-corrected chi connectivity index (χ3v) is 1.16. The average Bonchev–Trinajstić information content (AvgIpc) is 1.66. The molecule has 0 rings (SSSR count). The molecule has 2 heteroatoms. The van der Waals surface area contributed by atoms with Gasteiger partial charge in [-0.05, 0) is 5.92 Å². The maximum Gasteiger partial charge on any atom is 0 e. The van der Waals surface area contributed by atoms with Gasteiger partial charge in [-0.25, -0.2) is 0 Å². The van der Waals surface area contributed by atoms with Gasteiger partial charge in [0, 0.05) is 32.7 Å². The van der Waals surface area contributed by atoms with Gasteiger partial charge in [0.25, 0.3) is 0 Å². The van der Waals surface area contributed by atoms with Crippen LogP contribution in [0.2, 0.25) is 0 Å². The molecular weight excluding hydrogens is 187 g/mol. The summed E-state index contributed by atoms with van der Waals surface area (Å²) in [7, 11) is 1.88. The van der Waals surface area contributed by atoms with E-state index in [0.717, 1.165) is 12.5 Å². The molecule has 0 bridgehead atoms. The fraction of sp³-hybridized carbons (Fsp3) is 1.00. The summed E-state index contributed by atoms with van der Waals surface area (Å²) in [5, 5.41) is 4.01. The zero-order chi connectivity index (χ0) is 6.41. The van der Waals surface area contributed by atoms with E-state index in [9.17, 15) is 0 Å². The van der Waals surface area contributed by atoms with Crippen molar-refractivity contribution in [3.63, 3.8) is 0 Å². The number of rotatable bonds is 4. The first-order chi connectivity index (χ1) is 3.77. The minimum atomic E-state index is 0. The Morgan fingerprint density at radius 1 is 1.33 bits per heavy atom. The zero-order valence-corrected chi connectivity index (χ0v) is 9.56. The molecule has 0 heterocycles. The standard InChI is InChI=1S/C7H16N.Y/c1-7(2)5-4-6-8-3;/h7H,4-6H2,1-3H3;/q-1;. The van der Waals surface area contributed by atoms with Gasteiger partial charge >= 0.3 is 0 Å². The summed E-state index contributed by atoms with van der Waals surface area (Å²) in [6.07, 6.45) is 2.57. The van der Waals surface area contributed by atoms with Crippen LogP contribution in [-0.2, 0) is 32.7 Å². The van der Waals surface area contributed by atoms with Crippen LogP contribution < -0.4 is 0 Å². The van der Waals surface area contributed by atoms with E-state index in [1.165, 1.54) is 12.8 Å². The first kappa shape index (κ1) is 12.7.